The van der Waals surface area contributed by atoms with Crippen LogP contribution in [0.5, 0.6) is 0 Å². The van der Waals surface area contributed by atoms with Crippen molar-refractivity contribution in [3.05, 3.63) is 22.9 Å². The van der Waals surface area contributed by atoms with E-state index in [4.69, 9.17) is 0 Å². The predicted octanol–water partition coefficient (Wildman–Crippen LogP) is -2.66. The fourth-order valence-electron chi connectivity index (χ4n) is 0.170. The van der Waals surface area contributed by atoms with Gasteiger partial charge in [0.15, 0.2) is 6.29 Å². The summed E-state index contributed by atoms with van der Waals surface area (Å²) in [5.41, 5.74) is 0. The summed E-state index contributed by atoms with van der Waals surface area (Å²) >= 11 is 2.88. The van der Waals surface area contributed by atoms with Gasteiger partial charge in [0.05, 0.1) is 4.48 Å². The van der Waals surface area contributed by atoms with Crippen LogP contribution in [0.15, 0.2) is 22.9 Å². The summed E-state index contributed by atoms with van der Waals surface area (Å²) in [6, 6.07) is 0. The molecule has 0 radical (unpaired) electrons. The molecule has 0 atom stereocenters. The number of hydrogen-bond donors (Lipinski definition) is 0. The standard InChI is InChI=1S/C5H5BrO2.Na/c6-5(4-8)2-1-3-7;/h1-4,7H;/q;+1/p-1/b3-1+,5-2+;. The zero-order chi connectivity index (χ0) is 6.41. The number of allylic oxidation sites excluding steroid dienone is 3. The van der Waals surface area contributed by atoms with E-state index in [1.54, 1.807) is 0 Å². The molecule has 0 amide bonds. The average molecular weight is 199 g/mol. The van der Waals surface area contributed by atoms with Crippen LogP contribution in [0.3, 0.4) is 0 Å². The Balaban J connectivity index is 0. The number of hydrogen-bond acceptors (Lipinski definition) is 2. The van der Waals surface area contributed by atoms with Crippen LogP contribution in [-0.2, 0) is 4.79 Å². The molecule has 0 rings (SSSR count). The molecule has 0 saturated heterocycles. The molecule has 0 bridgehead atoms. The first-order valence-electron chi connectivity index (χ1n) is 1.90. The number of rotatable bonds is 2. The van der Waals surface area contributed by atoms with Gasteiger partial charge in [-0.1, -0.05) is 6.08 Å². The molecule has 0 heterocycles. The first kappa shape index (κ1) is 12.1. The molecule has 0 N–H and O–H groups in total. The molecular formula is C5H4BrNaO2. The van der Waals surface area contributed by atoms with Crippen LogP contribution < -0.4 is 34.7 Å². The van der Waals surface area contributed by atoms with Crippen molar-refractivity contribution in [3.8, 4) is 0 Å². The Hall–Kier alpha value is 0.430. The Kier molecular flexibility index (Phi) is 11.4. The SMILES string of the molecule is O=C/C(Br)=C\C=C\[O-].[Na+]. The minimum atomic E-state index is 0. The molecule has 9 heavy (non-hydrogen) atoms. The van der Waals surface area contributed by atoms with Gasteiger partial charge in [-0.15, -0.1) is 6.26 Å². The van der Waals surface area contributed by atoms with Crippen molar-refractivity contribution in [2.24, 2.45) is 0 Å². The molecule has 0 aromatic heterocycles. The topological polar surface area (TPSA) is 40.1 Å². The number of aldehydes is 1. The summed E-state index contributed by atoms with van der Waals surface area (Å²) in [5, 5.41) is 9.59. The largest absolute Gasteiger partial charge is 1.00 e. The molecule has 0 aliphatic heterocycles. The fraction of sp³-hybridized carbons (Fsp3) is 0. The van der Waals surface area contributed by atoms with E-state index < -0.39 is 0 Å². The maximum atomic E-state index is 9.76. The summed E-state index contributed by atoms with van der Waals surface area (Å²) in [6.45, 7) is 0. The van der Waals surface area contributed by atoms with Gasteiger partial charge in [0.2, 0.25) is 0 Å². The first-order chi connectivity index (χ1) is 3.81. The second-order valence-corrected chi connectivity index (χ2v) is 1.91. The van der Waals surface area contributed by atoms with Crippen LogP contribution in [0.25, 0.3) is 0 Å². The third kappa shape index (κ3) is 8.43. The van der Waals surface area contributed by atoms with Crippen LogP contribution in [0, 0.1) is 0 Å². The van der Waals surface area contributed by atoms with Crippen molar-refractivity contribution in [2.75, 3.05) is 0 Å². The van der Waals surface area contributed by atoms with Gasteiger partial charge < -0.3 is 5.11 Å². The Morgan fingerprint density at radius 1 is 1.56 bits per heavy atom. The molecule has 2 nitrogen and oxygen atoms in total. The van der Waals surface area contributed by atoms with Crippen LogP contribution in [0.4, 0.5) is 0 Å². The van der Waals surface area contributed by atoms with Crippen LogP contribution in [-0.4, -0.2) is 6.29 Å². The molecule has 44 valence electrons. The monoisotopic (exact) mass is 198 g/mol. The summed E-state index contributed by atoms with van der Waals surface area (Å²) in [4.78, 5) is 9.76. The van der Waals surface area contributed by atoms with E-state index in [1.165, 1.54) is 12.2 Å². The maximum absolute atomic E-state index is 9.76. The van der Waals surface area contributed by atoms with Crippen molar-refractivity contribution < 1.29 is 39.5 Å². The number of halogens is 1. The number of carbonyl (C=O) groups excluding carboxylic acids is 1. The van der Waals surface area contributed by atoms with Gasteiger partial charge in [0, 0.05) is 0 Å². The summed E-state index contributed by atoms with van der Waals surface area (Å²) in [6.07, 6.45) is 3.82. The molecule has 0 spiro atoms. The molecule has 0 unspecified atom stereocenters. The van der Waals surface area contributed by atoms with Gasteiger partial charge >= 0.3 is 29.6 Å². The van der Waals surface area contributed by atoms with Gasteiger partial charge in [-0.2, -0.15) is 0 Å². The zero-order valence-electron chi connectivity index (χ0n) is 5.00. The van der Waals surface area contributed by atoms with Crippen molar-refractivity contribution in [2.45, 2.75) is 0 Å². The van der Waals surface area contributed by atoms with Crippen LogP contribution in [0.1, 0.15) is 0 Å². The van der Waals surface area contributed by atoms with E-state index in [9.17, 15) is 9.90 Å². The Labute approximate surface area is 84.1 Å². The minimum absolute atomic E-state index is 0. The van der Waals surface area contributed by atoms with Gasteiger partial charge in [-0.25, -0.2) is 0 Å². The Bertz CT molecular complexity index is 131. The normalized spacial score (nSPS) is 11.0. The predicted molar refractivity (Wildman–Crippen MR) is 32.2 cm³/mol. The van der Waals surface area contributed by atoms with Crippen molar-refractivity contribution in [1.29, 1.82) is 0 Å². The quantitative estimate of drug-likeness (QED) is 0.160. The van der Waals surface area contributed by atoms with E-state index in [1.807, 2.05) is 0 Å². The van der Waals surface area contributed by atoms with E-state index in [2.05, 4.69) is 15.9 Å². The number of carbonyl (C=O) groups is 1. The molecule has 0 fully saturated rings. The zero-order valence-corrected chi connectivity index (χ0v) is 8.59. The molecular weight excluding hydrogens is 195 g/mol. The fourth-order valence-corrected chi connectivity index (χ4v) is 0.323. The van der Waals surface area contributed by atoms with E-state index >= 15 is 0 Å². The Morgan fingerprint density at radius 3 is 2.44 bits per heavy atom. The second kappa shape index (κ2) is 8.43. The van der Waals surface area contributed by atoms with Gasteiger partial charge in [-0.05, 0) is 22.0 Å². The second-order valence-electron chi connectivity index (χ2n) is 0.998. The third-order valence-corrected chi connectivity index (χ3v) is 0.898. The van der Waals surface area contributed by atoms with Gasteiger partial charge in [-0.3, -0.25) is 4.79 Å². The molecule has 0 aliphatic rings. The van der Waals surface area contributed by atoms with Crippen LogP contribution in [0.2, 0.25) is 0 Å². The summed E-state index contributed by atoms with van der Waals surface area (Å²) < 4.78 is 0.365. The average Bonchev–Trinajstić information content (AvgIpc) is 1.83. The van der Waals surface area contributed by atoms with Crippen LogP contribution >= 0.6 is 15.9 Å². The summed E-state index contributed by atoms with van der Waals surface area (Å²) in [5.74, 6) is 0. The minimum Gasteiger partial charge on any atom is -0.878 e. The van der Waals surface area contributed by atoms with Crippen molar-refractivity contribution in [1.82, 2.24) is 0 Å². The summed E-state index contributed by atoms with van der Waals surface area (Å²) in [7, 11) is 0. The maximum Gasteiger partial charge on any atom is 1.00 e. The van der Waals surface area contributed by atoms with Crippen molar-refractivity contribution >= 4 is 22.2 Å². The first-order valence-corrected chi connectivity index (χ1v) is 2.70. The molecule has 0 aliphatic carbocycles. The molecule has 4 heteroatoms. The molecule has 0 saturated carbocycles. The van der Waals surface area contributed by atoms with E-state index in [0.717, 1.165) is 0 Å². The van der Waals surface area contributed by atoms with E-state index in [-0.39, 0.29) is 29.6 Å². The smallest absolute Gasteiger partial charge is 0.878 e. The molecule has 0 aromatic carbocycles. The van der Waals surface area contributed by atoms with Gasteiger partial charge in [0.25, 0.3) is 0 Å². The molecule has 0 aromatic rings. The van der Waals surface area contributed by atoms with Crippen molar-refractivity contribution in [3.63, 3.8) is 0 Å². The van der Waals surface area contributed by atoms with E-state index in [0.29, 0.717) is 17.0 Å². The third-order valence-electron chi connectivity index (χ3n) is 0.447. The Morgan fingerprint density at radius 2 is 2.11 bits per heavy atom. The van der Waals surface area contributed by atoms with Gasteiger partial charge in [0.1, 0.15) is 0 Å².